The number of amides is 1. The number of carbonyl (C=O) groups is 1. The summed E-state index contributed by atoms with van der Waals surface area (Å²) in [5, 5.41) is 3.45. The number of rotatable bonds is 3. The largest absolute Gasteiger partial charge is 0.375 e. The average Bonchev–Trinajstić information content (AvgIpc) is 2.35. The lowest BCUT2D eigenvalue weighted by Crippen LogP contribution is -2.60. The Balaban J connectivity index is 1.36. The first-order valence-electron chi connectivity index (χ1n) is 8.71. The lowest BCUT2D eigenvalue weighted by Gasteiger charge is -2.57. The van der Waals surface area contributed by atoms with Crippen LogP contribution in [0.15, 0.2) is 0 Å². The van der Waals surface area contributed by atoms with Gasteiger partial charge in [0.2, 0.25) is 5.91 Å². The van der Waals surface area contributed by atoms with Crippen LogP contribution in [-0.2, 0) is 9.53 Å². The minimum atomic E-state index is 0.0812. The van der Waals surface area contributed by atoms with Gasteiger partial charge in [-0.05, 0) is 63.3 Å². The molecule has 4 aliphatic carbocycles. The summed E-state index contributed by atoms with van der Waals surface area (Å²) >= 11 is 0. The Bertz CT molecular complexity index is 388. The molecule has 4 bridgehead atoms. The molecule has 5 rings (SSSR count). The van der Waals surface area contributed by atoms with Gasteiger partial charge in [-0.15, -0.1) is 0 Å². The van der Waals surface area contributed by atoms with Crippen LogP contribution in [0, 0.1) is 17.8 Å². The van der Waals surface area contributed by atoms with E-state index in [2.05, 4.69) is 17.3 Å². The van der Waals surface area contributed by atoms with Crippen molar-refractivity contribution in [1.82, 2.24) is 10.2 Å². The first-order valence-corrected chi connectivity index (χ1v) is 8.71. The van der Waals surface area contributed by atoms with E-state index in [0.717, 1.165) is 37.5 Å². The summed E-state index contributed by atoms with van der Waals surface area (Å²) in [6, 6.07) is 0. The topological polar surface area (TPSA) is 41.6 Å². The average molecular weight is 292 g/mol. The summed E-state index contributed by atoms with van der Waals surface area (Å²) in [6.45, 7) is 2.62. The van der Waals surface area contributed by atoms with Gasteiger partial charge in [-0.3, -0.25) is 4.79 Å². The molecule has 1 saturated heterocycles. The molecular formula is C17H28N2O2. The molecule has 4 nitrogen and oxygen atoms in total. The lowest BCUT2D eigenvalue weighted by molar-refractivity contribution is -0.131. The molecule has 0 aromatic rings. The molecule has 1 atom stereocenters. The monoisotopic (exact) mass is 292 g/mol. The molecule has 4 saturated carbocycles. The van der Waals surface area contributed by atoms with E-state index >= 15 is 0 Å². The zero-order valence-corrected chi connectivity index (χ0v) is 13.1. The Kier molecular flexibility index (Phi) is 3.49. The number of carbonyl (C=O) groups excluding carboxylic acids is 1. The van der Waals surface area contributed by atoms with Crippen molar-refractivity contribution in [3.8, 4) is 0 Å². The third kappa shape index (κ3) is 2.85. The van der Waals surface area contributed by atoms with Gasteiger partial charge >= 0.3 is 0 Å². The normalized spacial score (nSPS) is 45.8. The smallest absolute Gasteiger partial charge is 0.223 e. The van der Waals surface area contributed by atoms with Gasteiger partial charge in [-0.1, -0.05) is 0 Å². The zero-order chi connectivity index (χ0) is 14.4. The predicted molar refractivity (Wildman–Crippen MR) is 80.9 cm³/mol. The zero-order valence-electron chi connectivity index (χ0n) is 13.1. The fourth-order valence-corrected chi connectivity index (χ4v) is 5.81. The summed E-state index contributed by atoms with van der Waals surface area (Å²) < 4.78 is 5.74. The van der Waals surface area contributed by atoms with E-state index in [-0.39, 0.29) is 17.6 Å². The highest BCUT2D eigenvalue weighted by Gasteiger charge is 2.51. The van der Waals surface area contributed by atoms with Crippen molar-refractivity contribution in [3.05, 3.63) is 0 Å². The van der Waals surface area contributed by atoms with Crippen molar-refractivity contribution in [1.29, 1.82) is 0 Å². The Hall–Kier alpha value is -0.610. The first kappa shape index (κ1) is 14.0. The quantitative estimate of drug-likeness (QED) is 0.862. The van der Waals surface area contributed by atoms with Crippen molar-refractivity contribution in [3.63, 3.8) is 0 Å². The van der Waals surface area contributed by atoms with E-state index in [0.29, 0.717) is 6.42 Å². The molecule has 0 spiro atoms. The van der Waals surface area contributed by atoms with Gasteiger partial charge in [-0.25, -0.2) is 0 Å². The van der Waals surface area contributed by atoms with Crippen LogP contribution in [0.25, 0.3) is 0 Å². The van der Waals surface area contributed by atoms with E-state index in [4.69, 9.17) is 4.74 Å². The molecule has 1 aliphatic heterocycles. The molecule has 1 amide bonds. The number of hydrogen-bond donors (Lipinski definition) is 1. The molecule has 5 aliphatic rings. The molecule has 1 N–H and O–H groups in total. The van der Waals surface area contributed by atoms with E-state index in [1.54, 1.807) is 0 Å². The highest BCUT2D eigenvalue weighted by atomic mass is 16.5. The third-order valence-corrected chi connectivity index (χ3v) is 6.20. The van der Waals surface area contributed by atoms with Crippen LogP contribution >= 0.6 is 0 Å². The van der Waals surface area contributed by atoms with Crippen LogP contribution in [-0.4, -0.2) is 49.2 Å². The van der Waals surface area contributed by atoms with Crippen LogP contribution in [0.4, 0.5) is 0 Å². The molecule has 1 heterocycles. The van der Waals surface area contributed by atoms with Gasteiger partial charge in [0.15, 0.2) is 0 Å². The van der Waals surface area contributed by atoms with E-state index in [9.17, 15) is 4.79 Å². The van der Waals surface area contributed by atoms with Crippen LogP contribution in [0.2, 0.25) is 0 Å². The van der Waals surface area contributed by atoms with E-state index in [1.807, 2.05) is 0 Å². The van der Waals surface area contributed by atoms with Crippen molar-refractivity contribution < 1.29 is 9.53 Å². The maximum Gasteiger partial charge on any atom is 0.223 e. The minimum Gasteiger partial charge on any atom is -0.375 e. The predicted octanol–water partition coefficient (Wildman–Crippen LogP) is 1.79. The second kappa shape index (κ2) is 5.24. The Morgan fingerprint density at radius 3 is 2.38 bits per heavy atom. The number of morpholine rings is 1. The van der Waals surface area contributed by atoms with Crippen molar-refractivity contribution >= 4 is 5.91 Å². The van der Waals surface area contributed by atoms with Gasteiger partial charge in [-0.2, -0.15) is 0 Å². The van der Waals surface area contributed by atoms with Crippen LogP contribution < -0.4 is 5.32 Å². The SMILES string of the molecule is CN1CCOC(CC(=O)NC23CC4CC(CC(C4)C2)C3)C1. The Labute approximate surface area is 127 Å². The lowest BCUT2D eigenvalue weighted by atomic mass is 9.53. The molecule has 1 unspecified atom stereocenters. The summed E-state index contributed by atoms with van der Waals surface area (Å²) in [5.74, 6) is 2.87. The van der Waals surface area contributed by atoms with Crippen molar-refractivity contribution in [2.24, 2.45) is 17.8 Å². The minimum absolute atomic E-state index is 0.0812. The molecule has 4 heteroatoms. The molecule has 21 heavy (non-hydrogen) atoms. The molecule has 0 aromatic heterocycles. The van der Waals surface area contributed by atoms with Gasteiger partial charge < -0.3 is 15.0 Å². The number of nitrogens with one attached hydrogen (secondary N) is 1. The molecule has 0 aromatic carbocycles. The second-order valence-electron chi connectivity index (χ2n) is 8.21. The number of nitrogens with zero attached hydrogens (tertiary/aromatic N) is 1. The maximum atomic E-state index is 12.5. The van der Waals surface area contributed by atoms with Crippen LogP contribution in [0.1, 0.15) is 44.9 Å². The second-order valence-corrected chi connectivity index (χ2v) is 8.21. The number of ether oxygens (including phenoxy) is 1. The van der Waals surface area contributed by atoms with Crippen molar-refractivity contribution in [2.75, 3.05) is 26.7 Å². The fourth-order valence-electron chi connectivity index (χ4n) is 5.81. The Morgan fingerprint density at radius 2 is 1.81 bits per heavy atom. The van der Waals surface area contributed by atoms with E-state index < -0.39 is 0 Å². The van der Waals surface area contributed by atoms with Crippen molar-refractivity contribution in [2.45, 2.75) is 56.6 Å². The maximum absolute atomic E-state index is 12.5. The first-order chi connectivity index (χ1) is 10.1. The molecular weight excluding hydrogens is 264 g/mol. The van der Waals surface area contributed by atoms with Gasteiger partial charge in [0, 0.05) is 18.6 Å². The van der Waals surface area contributed by atoms with Gasteiger partial charge in [0.05, 0.1) is 19.1 Å². The number of likely N-dealkylation sites (N-methyl/N-ethyl adjacent to an activating group) is 1. The molecule has 5 fully saturated rings. The van der Waals surface area contributed by atoms with Crippen LogP contribution in [0.5, 0.6) is 0 Å². The highest BCUT2D eigenvalue weighted by molar-refractivity contribution is 5.77. The Morgan fingerprint density at radius 1 is 1.19 bits per heavy atom. The highest BCUT2D eigenvalue weighted by Crippen LogP contribution is 2.55. The summed E-state index contributed by atoms with van der Waals surface area (Å²) in [7, 11) is 2.10. The molecule has 118 valence electrons. The third-order valence-electron chi connectivity index (χ3n) is 6.20. The fraction of sp³-hybridized carbons (Fsp3) is 0.941. The van der Waals surface area contributed by atoms with Gasteiger partial charge in [0.25, 0.3) is 0 Å². The summed E-state index contributed by atoms with van der Waals surface area (Å²) in [4.78, 5) is 14.7. The molecule has 0 radical (unpaired) electrons. The van der Waals surface area contributed by atoms with E-state index in [1.165, 1.54) is 38.5 Å². The van der Waals surface area contributed by atoms with Gasteiger partial charge in [0.1, 0.15) is 0 Å². The standard InChI is InChI=1S/C17H28N2O2/c1-19-2-3-21-15(11-19)7-16(20)18-17-8-12-4-13(9-17)6-14(5-12)10-17/h12-15H,2-11H2,1H3,(H,18,20). The summed E-state index contributed by atoms with van der Waals surface area (Å²) in [6.07, 6.45) is 8.58. The number of hydrogen-bond acceptors (Lipinski definition) is 3. The van der Waals surface area contributed by atoms with Crippen LogP contribution in [0.3, 0.4) is 0 Å². The summed E-state index contributed by atoms with van der Waals surface area (Å²) in [5.41, 5.74) is 0.145.